The van der Waals surface area contributed by atoms with Gasteiger partial charge in [-0.25, -0.2) is 0 Å². The van der Waals surface area contributed by atoms with Gasteiger partial charge in [0.1, 0.15) is 6.04 Å². The van der Waals surface area contributed by atoms with Crippen molar-refractivity contribution in [1.29, 1.82) is 0 Å². The Kier molecular flexibility index (Phi) is 4.21. The number of carbonyl (C=O) groups is 2. The van der Waals surface area contributed by atoms with Crippen molar-refractivity contribution in [2.24, 2.45) is 0 Å². The standard InChI is InChI=1S/C6H11NO4/c1-4(6(10)11)7-5(9)2-3-8/h4,8H,2-3H2,1H3,(H,7,9)(H,10,11)/t4-/m0/s1. The average Bonchev–Trinajstić information content (AvgIpc) is 1.87. The lowest BCUT2D eigenvalue weighted by Crippen LogP contribution is -2.38. The zero-order chi connectivity index (χ0) is 8.85. The number of carboxylic acid groups (broad SMARTS) is 1. The molecule has 5 heteroatoms. The van der Waals surface area contributed by atoms with Crippen molar-refractivity contribution in [3.8, 4) is 0 Å². The number of aliphatic hydroxyl groups excluding tert-OH is 1. The predicted molar refractivity (Wildman–Crippen MR) is 36.9 cm³/mol. The van der Waals surface area contributed by atoms with E-state index in [1.165, 1.54) is 6.92 Å². The second-order valence-electron chi connectivity index (χ2n) is 2.10. The molecule has 0 aliphatic heterocycles. The highest BCUT2D eigenvalue weighted by atomic mass is 16.4. The molecule has 11 heavy (non-hydrogen) atoms. The van der Waals surface area contributed by atoms with Crippen molar-refractivity contribution in [2.45, 2.75) is 19.4 Å². The van der Waals surface area contributed by atoms with Gasteiger partial charge in [0.05, 0.1) is 6.61 Å². The summed E-state index contributed by atoms with van der Waals surface area (Å²) in [5.74, 6) is -1.54. The van der Waals surface area contributed by atoms with Gasteiger partial charge in [-0.3, -0.25) is 9.59 Å². The molecule has 0 aromatic carbocycles. The molecule has 0 rings (SSSR count). The fourth-order valence-corrected chi connectivity index (χ4v) is 0.477. The smallest absolute Gasteiger partial charge is 0.325 e. The van der Waals surface area contributed by atoms with E-state index in [4.69, 9.17) is 10.2 Å². The molecule has 0 spiro atoms. The Morgan fingerprint density at radius 2 is 2.09 bits per heavy atom. The van der Waals surface area contributed by atoms with Crippen LogP contribution in [0.3, 0.4) is 0 Å². The molecule has 5 nitrogen and oxygen atoms in total. The molecule has 0 saturated carbocycles. The summed E-state index contributed by atoms with van der Waals surface area (Å²) in [5, 5.41) is 18.8. The Hall–Kier alpha value is -1.10. The van der Waals surface area contributed by atoms with Gasteiger partial charge in [-0.2, -0.15) is 0 Å². The first kappa shape index (κ1) is 9.90. The van der Waals surface area contributed by atoms with Crippen LogP contribution in [-0.4, -0.2) is 34.7 Å². The Balaban J connectivity index is 3.66. The van der Waals surface area contributed by atoms with Crippen molar-refractivity contribution >= 4 is 11.9 Å². The number of hydrogen-bond donors (Lipinski definition) is 3. The number of carboxylic acids is 1. The van der Waals surface area contributed by atoms with Gasteiger partial charge >= 0.3 is 5.97 Å². The number of carbonyl (C=O) groups excluding carboxylic acids is 1. The summed E-state index contributed by atoms with van der Waals surface area (Å²) in [6, 6.07) is -0.894. The number of nitrogens with one attached hydrogen (secondary N) is 1. The first-order chi connectivity index (χ1) is 5.07. The zero-order valence-electron chi connectivity index (χ0n) is 6.20. The minimum absolute atomic E-state index is 0.0579. The molecule has 0 aliphatic rings. The monoisotopic (exact) mass is 161 g/mol. The molecule has 0 aromatic rings. The number of aliphatic carboxylic acids is 1. The molecule has 3 N–H and O–H groups in total. The maximum Gasteiger partial charge on any atom is 0.325 e. The minimum atomic E-state index is -1.09. The van der Waals surface area contributed by atoms with E-state index in [1.807, 2.05) is 0 Å². The van der Waals surface area contributed by atoms with Gasteiger partial charge in [0.25, 0.3) is 0 Å². The maximum absolute atomic E-state index is 10.6. The molecular weight excluding hydrogens is 150 g/mol. The molecule has 1 amide bonds. The summed E-state index contributed by atoms with van der Waals surface area (Å²) in [4.78, 5) is 20.8. The van der Waals surface area contributed by atoms with Crippen molar-refractivity contribution in [3.05, 3.63) is 0 Å². The summed E-state index contributed by atoms with van der Waals surface area (Å²) < 4.78 is 0. The lowest BCUT2D eigenvalue weighted by atomic mass is 10.3. The highest BCUT2D eigenvalue weighted by Crippen LogP contribution is 1.83. The van der Waals surface area contributed by atoms with Gasteiger partial charge in [-0.1, -0.05) is 0 Å². The highest BCUT2D eigenvalue weighted by molar-refractivity contribution is 5.83. The Morgan fingerprint density at radius 3 is 2.45 bits per heavy atom. The second kappa shape index (κ2) is 4.68. The van der Waals surface area contributed by atoms with Crippen molar-refractivity contribution in [1.82, 2.24) is 5.32 Å². The second-order valence-corrected chi connectivity index (χ2v) is 2.10. The molecule has 0 unspecified atom stereocenters. The van der Waals surface area contributed by atoms with Gasteiger partial charge in [-0.15, -0.1) is 0 Å². The summed E-state index contributed by atoms with van der Waals surface area (Å²) in [5.41, 5.74) is 0. The molecular formula is C6H11NO4. The Bertz CT molecular complexity index is 157. The fourth-order valence-electron chi connectivity index (χ4n) is 0.477. The van der Waals surface area contributed by atoms with Crippen LogP contribution in [0, 0.1) is 0 Å². The summed E-state index contributed by atoms with van der Waals surface area (Å²) in [6.45, 7) is 1.09. The average molecular weight is 161 g/mol. The van der Waals surface area contributed by atoms with Crippen LogP contribution in [0.5, 0.6) is 0 Å². The van der Waals surface area contributed by atoms with E-state index >= 15 is 0 Å². The number of rotatable bonds is 4. The Morgan fingerprint density at radius 1 is 1.55 bits per heavy atom. The van der Waals surface area contributed by atoms with Crippen LogP contribution >= 0.6 is 0 Å². The molecule has 0 aromatic heterocycles. The van der Waals surface area contributed by atoms with E-state index in [0.29, 0.717) is 0 Å². The zero-order valence-corrected chi connectivity index (χ0v) is 6.20. The quantitative estimate of drug-likeness (QED) is 0.491. The molecule has 0 saturated heterocycles. The summed E-state index contributed by atoms with van der Waals surface area (Å²) >= 11 is 0. The van der Waals surface area contributed by atoms with E-state index in [1.54, 1.807) is 0 Å². The molecule has 0 bridgehead atoms. The number of hydrogen-bond acceptors (Lipinski definition) is 3. The van der Waals surface area contributed by atoms with Crippen LogP contribution in [0.15, 0.2) is 0 Å². The van der Waals surface area contributed by atoms with Crippen LogP contribution in [0.4, 0.5) is 0 Å². The van der Waals surface area contributed by atoms with E-state index in [0.717, 1.165) is 0 Å². The molecule has 0 radical (unpaired) electrons. The van der Waals surface area contributed by atoms with Crippen LogP contribution in [0.2, 0.25) is 0 Å². The maximum atomic E-state index is 10.6. The third-order valence-electron chi connectivity index (χ3n) is 1.09. The molecule has 64 valence electrons. The van der Waals surface area contributed by atoms with Crippen LogP contribution in [-0.2, 0) is 9.59 Å². The number of aliphatic hydroxyl groups is 1. The summed E-state index contributed by atoms with van der Waals surface area (Å²) in [6.07, 6.45) is -0.0579. The predicted octanol–water partition coefficient (Wildman–Crippen LogP) is -1.04. The van der Waals surface area contributed by atoms with E-state index < -0.39 is 17.9 Å². The van der Waals surface area contributed by atoms with Gasteiger partial charge in [-0.05, 0) is 6.92 Å². The Labute approximate surface area is 64.0 Å². The van der Waals surface area contributed by atoms with Crippen molar-refractivity contribution in [3.63, 3.8) is 0 Å². The lowest BCUT2D eigenvalue weighted by Gasteiger charge is -2.07. The molecule has 0 heterocycles. The highest BCUT2D eigenvalue weighted by Gasteiger charge is 2.12. The minimum Gasteiger partial charge on any atom is -0.480 e. The first-order valence-electron chi connectivity index (χ1n) is 3.21. The van der Waals surface area contributed by atoms with Crippen molar-refractivity contribution in [2.75, 3.05) is 6.61 Å². The summed E-state index contributed by atoms with van der Waals surface area (Å²) in [7, 11) is 0. The first-order valence-corrected chi connectivity index (χ1v) is 3.21. The van der Waals surface area contributed by atoms with Gasteiger partial charge < -0.3 is 15.5 Å². The normalized spacial score (nSPS) is 12.2. The van der Waals surface area contributed by atoms with Crippen LogP contribution < -0.4 is 5.32 Å². The lowest BCUT2D eigenvalue weighted by molar-refractivity contribution is -0.141. The molecule has 0 fully saturated rings. The van der Waals surface area contributed by atoms with Gasteiger partial charge in [0.15, 0.2) is 0 Å². The van der Waals surface area contributed by atoms with Gasteiger partial charge in [0, 0.05) is 6.42 Å². The van der Waals surface area contributed by atoms with Gasteiger partial charge in [0.2, 0.25) is 5.91 Å². The van der Waals surface area contributed by atoms with Crippen LogP contribution in [0.25, 0.3) is 0 Å². The van der Waals surface area contributed by atoms with Crippen LogP contribution in [0.1, 0.15) is 13.3 Å². The van der Waals surface area contributed by atoms with E-state index in [2.05, 4.69) is 5.32 Å². The molecule has 1 atom stereocenters. The van der Waals surface area contributed by atoms with Crippen molar-refractivity contribution < 1.29 is 19.8 Å². The third-order valence-corrected chi connectivity index (χ3v) is 1.09. The third kappa shape index (κ3) is 4.32. The number of amides is 1. The van der Waals surface area contributed by atoms with E-state index in [9.17, 15) is 9.59 Å². The fraction of sp³-hybridized carbons (Fsp3) is 0.667. The SMILES string of the molecule is C[C@H](NC(=O)CCO)C(=O)O. The largest absolute Gasteiger partial charge is 0.480 e. The topological polar surface area (TPSA) is 86.6 Å². The van der Waals surface area contributed by atoms with E-state index in [-0.39, 0.29) is 13.0 Å². The molecule has 0 aliphatic carbocycles.